The number of primary amides is 1. The van der Waals surface area contributed by atoms with Gasteiger partial charge in [-0.3, -0.25) is 9.69 Å². The van der Waals surface area contributed by atoms with E-state index in [1.165, 1.54) is 6.07 Å². The van der Waals surface area contributed by atoms with E-state index in [1.54, 1.807) is 0 Å². The fourth-order valence-electron chi connectivity index (χ4n) is 4.77. The number of ether oxygens (including phenoxy) is 1. The number of halogens is 9. The van der Waals surface area contributed by atoms with E-state index in [9.17, 15) is 49.1 Å². The third kappa shape index (κ3) is 5.98. The van der Waals surface area contributed by atoms with Crippen molar-refractivity contribution in [2.75, 3.05) is 19.6 Å². The lowest BCUT2D eigenvalue weighted by Gasteiger charge is -2.45. The smallest absolute Gasteiger partial charge is 0.426 e. The molecule has 2 fully saturated rings. The van der Waals surface area contributed by atoms with Gasteiger partial charge >= 0.3 is 24.6 Å². The van der Waals surface area contributed by atoms with E-state index in [1.807, 2.05) is 4.90 Å². The maximum Gasteiger partial charge on any atom is 0.434 e. The Labute approximate surface area is 199 Å². The van der Waals surface area contributed by atoms with Gasteiger partial charge in [0, 0.05) is 25.2 Å². The van der Waals surface area contributed by atoms with Crippen LogP contribution in [0.15, 0.2) is 18.2 Å². The molecule has 36 heavy (non-hydrogen) atoms. The number of likely N-dealkylation sites (tertiary alicyclic amines) is 2. The van der Waals surface area contributed by atoms with E-state index in [-0.39, 0.29) is 32.5 Å². The molecule has 3 rings (SSSR count). The number of hydrogen-bond acceptors (Lipinski definition) is 4. The third-order valence-electron chi connectivity index (χ3n) is 6.53. The van der Waals surface area contributed by atoms with Crippen LogP contribution in [0.5, 0.6) is 0 Å². The maximum atomic E-state index is 13.2. The Morgan fingerprint density at radius 2 is 1.53 bits per heavy atom. The van der Waals surface area contributed by atoms with Crippen LogP contribution in [0, 0.1) is 0 Å². The molecule has 1 aromatic carbocycles. The van der Waals surface area contributed by atoms with Crippen molar-refractivity contribution in [1.82, 2.24) is 9.80 Å². The molecule has 6 nitrogen and oxygen atoms in total. The van der Waals surface area contributed by atoms with Gasteiger partial charge in [0.15, 0.2) is 0 Å². The number of nitrogens with zero attached hydrogens (tertiary/aromatic N) is 2. The molecule has 2 saturated heterocycles. The van der Waals surface area contributed by atoms with E-state index >= 15 is 0 Å². The molecule has 2 N–H and O–H groups in total. The van der Waals surface area contributed by atoms with Gasteiger partial charge in [-0.05, 0) is 49.9 Å². The van der Waals surface area contributed by atoms with E-state index in [4.69, 9.17) is 5.73 Å². The molecule has 0 unspecified atom stereocenters. The molecular formula is C21H22F9N3O3. The first-order valence-corrected chi connectivity index (χ1v) is 10.8. The second-order valence-corrected chi connectivity index (χ2v) is 8.83. The van der Waals surface area contributed by atoms with Gasteiger partial charge in [-0.25, -0.2) is 4.79 Å². The lowest BCUT2D eigenvalue weighted by Crippen LogP contribution is -2.54. The van der Waals surface area contributed by atoms with Gasteiger partial charge in [0.2, 0.25) is 5.91 Å². The first-order chi connectivity index (χ1) is 16.4. The fraction of sp³-hybridized carbons (Fsp3) is 0.619. The summed E-state index contributed by atoms with van der Waals surface area (Å²) in [6, 6.07) is 3.02. The zero-order valence-corrected chi connectivity index (χ0v) is 18.6. The van der Waals surface area contributed by atoms with Crippen LogP contribution in [0.2, 0.25) is 0 Å². The Bertz CT molecular complexity index is 970. The standard InChI is InChI=1S/C21H22F9N3O3/c22-19(23,24)14-3-2-12(10-13(14)15(31)34)11-33-7-1-4-18(33)5-8-32(9-6-18)17(35)36-16(20(25,26)27)21(28,29)30/h2-3,10,16H,1,4-9,11H2,(H2,31,34). The second-order valence-electron chi connectivity index (χ2n) is 8.83. The zero-order chi connectivity index (χ0) is 27.1. The highest BCUT2D eigenvalue weighted by Gasteiger charge is 2.60. The first-order valence-electron chi connectivity index (χ1n) is 10.8. The van der Waals surface area contributed by atoms with E-state index in [2.05, 4.69) is 4.74 Å². The quantitative estimate of drug-likeness (QED) is 0.559. The molecule has 0 bridgehead atoms. The van der Waals surface area contributed by atoms with Crippen molar-refractivity contribution in [3.05, 3.63) is 34.9 Å². The van der Waals surface area contributed by atoms with Crippen molar-refractivity contribution < 1.29 is 53.8 Å². The molecule has 0 saturated carbocycles. The minimum absolute atomic E-state index is 0.132. The van der Waals surface area contributed by atoms with Crippen LogP contribution in [0.25, 0.3) is 0 Å². The Morgan fingerprint density at radius 3 is 2.03 bits per heavy atom. The number of rotatable bonds is 4. The number of amides is 2. The number of piperidine rings is 1. The largest absolute Gasteiger partial charge is 0.434 e. The highest BCUT2D eigenvalue weighted by atomic mass is 19.4. The molecular weight excluding hydrogens is 513 g/mol. The van der Waals surface area contributed by atoms with Crippen molar-refractivity contribution in [3.63, 3.8) is 0 Å². The Hall–Kier alpha value is -2.71. The highest BCUT2D eigenvalue weighted by molar-refractivity contribution is 5.94. The fourth-order valence-corrected chi connectivity index (χ4v) is 4.77. The van der Waals surface area contributed by atoms with Crippen molar-refractivity contribution >= 4 is 12.0 Å². The summed E-state index contributed by atoms with van der Waals surface area (Å²) in [5.41, 5.74) is 3.06. The molecule has 0 aromatic heterocycles. The van der Waals surface area contributed by atoms with Crippen LogP contribution in [0.3, 0.4) is 0 Å². The summed E-state index contributed by atoms with van der Waals surface area (Å²) >= 11 is 0. The van der Waals surface area contributed by atoms with Crippen LogP contribution in [0.1, 0.15) is 47.2 Å². The van der Waals surface area contributed by atoms with Gasteiger partial charge in [0.25, 0.3) is 6.10 Å². The summed E-state index contributed by atoms with van der Waals surface area (Å²) in [6.07, 6.45) is -20.7. The SMILES string of the molecule is NC(=O)c1cc(CN2CCCC23CCN(C(=O)OC(C(F)(F)F)C(F)(F)F)CC3)ccc1C(F)(F)F. The molecule has 2 aliphatic rings. The van der Waals surface area contributed by atoms with Crippen molar-refractivity contribution in [2.24, 2.45) is 5.73 Å². The van der Waals surface area contributed by atoms with Crippen molar-refractivity contribution in [3.8, 4) is 0 Å². The maximum absolute atomic E-state index is 13.2. The van der Waals surface area contributed by atoms with Crippen LogP contribution in [-0.2, 0) is 17.5 Å². The minimum Gasteiger partial charge on any atom is -0.426 e. The average Bonchev–Trinajstić information content (AvgIpc) is 3.11. The van der Waals surface area contributed by atoms with Gasteiger partial charge in [-0.15, -0.1) is 0 Å². The van der Waals surface area contributed by atoms with Crippen molar-refractivity contribution in [1.29, 1.82) is 0 Å². The summed E-state index contributed by atoms with van der Waals surface area (Å²) in [5, 5.41) is 0. The molecule has 1 aromatic rings. The Kier molecular flexibility index (Phi) is 7.46. The minimum atomic E-state index is -5.82. The molecule has 2 aliphatic heterocycles. The summed E-state index contributed by atoms with van der Waals surface area (Å²) in [6.45, 7) is 0.309. The molecule has 0 aliphatic carbocycles. The Balaban J connectivity index is 1.69. The molecule has 0 atom stereocenters. The third-order valence-corrected chi connectivity index (χ3v) is 6.53. The number of carbonyl (C=O) groups excluding carboxylic acids is 2. The van der Waals surface area contributed by atoms with E-state index in [0.717, 1.165) is 17.0 Å². The number of alkyl halides is 9. The first kappa shape index (κ1) is 27.9. The Morgan fingerprint density at radius 1 is 0.944 bits per heavy atom. The summed E-state index contributed by atoms with van der Waals surface area (Å²) in [7, 11) is 0. The predicted molar refractivity (Wildman–Crippen MR) is 106 cm³/mol. The topological polar surface area (TPSA) is 75.9 Å². The molecule has 2 heterocycles. The molecule has 15 heteroatoms. The van der Waals surface area contributed by atoms with E-state index < -0.39 is 53.3 Å². The van der Waals surface area contributed by atoms with Crippen LogP contribution >= 0.6 is 0 Å². The number of benzene rings is 1. The predicted octanol–water partition coefficient (Wildman–Crippen LogP) is 4.86. The summed E-state index contributed by atoms with van der Waals surface area (Å²) in [4.78, 5) is 26.3. The molecule has 1 spiro atoms. The van der Waals surface area contributed by atoms with Crippen LogP contribution in [-0.4, -0.2) is 65.4 Å². The lowest BCUT2D eigenvalue weighted by atomic mass is 9.84. The van der Waals surface area contributed by atoms with Gasteiger partial charge in [-0.1, -0.05) is 6.07 Å². The van der Waals surface area contributed by atoms with Gasteiger partial charge < -0.3 is 15.4 Å². The molecule has 202 valence electrons. The summed E-state index contributed by atoms with van der Waals surface area (Å²) in [5.74, 6) is -1.25. The van der Waals surface area contributed by atoms with Crippen LogP contribution < -0.4 is 5.73 Å². The monoisotopic (exact) mass is 535 g/mol. The van der Waals surface area contributed by atoms with Crippen molar-refractivity contribution in [2.45, 2.75) is 62.4 Å². The zero-order valence-electron chi connectivity index (χ0n) is 18.6. The van der Waals surface area contributed by atoms with Crippen LogP contribution in [0.4, 0.5) is 44.3 Å². The van der Waals surface area contributed by atoms with E-state index in [0.29, 0.717) is 24.9 Å². The number of nitrogens with two attached hydrogens (primary N) is 1. The molecule has 2 amide bonds. The number of hydrogen-bond donors (Lipinski definition) is 1. The van der Waals surface area contributed by atoms with Gasteiger partial charge in [0.1, 0.15) is 0 Å². The number of carbonyl (C=O) groups is 2. The lowest BCUT2D eigenvalue weighted by molar-refractivity contribution is -0.308. The second kappa shape index (κ2) is 9.63. The highest BCUT2D eigenvalue weighted by Crippen LogP contribution is 2.41. The van der Waals surface area contributed by atoms with Gasteiger partial charge in [0.05, 0.1) is 11.1 Å². The summed E-state index contributed by atoms with van der Waals surface area (Å²) < 4.78 is 119. The normalized spacial score (nSPS) is 19.2. The molecule has 0 radical (unpaired) electrons. The van der Waals surface area contributed by atoms with Gasteiger partial charge in [-0.2, -0.15) is 39.5 Å². The average molecular weight is 535 g/mol.